The third-order valence-electron chi connectivity index (χ3n) is 3.78. The van der Waals surface area contributed by atoms with Crippen LogP contribution in [0.25, 0.3) is 0 Å². The maximum Gasteiger partial charge on any atom is 0.318 e. The number of carbonyl (C=O) groups is 1. The van der Waals surface area contributed by atoms with E-state index < -0.39 is 6.03 Å². The van der Waals surface area contributed by atoms with Crippen molar-refractivity contribution in [3.63, 3.8) is 0 Å². The molecule has 0 bridgehead atoms. The zero-order chi connectivity index (χ0) is 19.7. The number of aliphatic hydroxyl groups excluding tert-OH is 1. The van der Waals surface area contributed by atoms with Gasteiger partial charge in [-0.05, 0) is 43.5 Å². The Balaban J connectivity index is 0.000000260. The number of aliphatic hydroxyl groups is 1. The molecule has 0 aromatic heterocycles. The summed E-state index contributed by atoms with van der Waals surface area (Å²) in [6.45, 7) is 4.54. The molecule has 142 valence electrons. The van der Waals surface area contributed by atoms with Gasteiger partial charge in [0.2, 0.25) is 0 Å². The summed E-state index contributed by atoms with van der Waals surface area (Å²) in [5.41, 5.74) is 8.16. The van der Waals surface area contributed by atoms with Crippen LogP contribution in [0.15, 0.2) is 36.4 Å². The Morgan fingerprint density at radius 2 is 1.65 bits per heavy atom. The lowest BCUT2D eigenvalue weighted by atomic mass is 10.2. The quantitative estimate of drug-likeness (QED) is 0.525. The molecule has 0 unspecified atom stereocenters. The number of nitrogens with one attached hydrogen (secondary N) is 1. The molecule has 0 heterocycles. The Morgan fingerprint density at radius 1 is 1.08 bits per heavy atom. The minimum atomic E-state index is -0.553. The van der Waals surface area contributed by atoms with Gasteiger partial charge in [0, 0.05) is 43.7 Å². The Hall–Kier alpha value is -2.93. The Morgan fingerprint density at radius 3 is 2.15 bits per heavy atom. The van der Waals surface area contributed by atoms with E-state index in [4.69, 9.17) is 10.8 Å². The first-order chi connectivity index (χ1) is 12.3. The lowest BCUT2D eigenvalue weighted by molar-refractivity contribution is 0.255. The van der Waals surface area contributed by atoms with E-state index >= 15 is 0 Å². The largest absolute Gasteiger partial charge is 0.508 e. The molecule has 0 fully saturated rings. The van der Waals surface area contributed by atoms with Crippen molar-refractivity contribution < 1.29 is 20.1 Å². The molecule has 0 aliphatic carbocycles. The molecule has 7 heteroatoms. The van der Waals surface area contributed by atoms with Gasteiger partial charge in [-0.2, -0.15) is 0 Å². The molecule has 2 aromatic carbocycles. The number of phenolic OH excluding ortho intramolecular Hbond substituents is 2. The number of anilines is 2. The van der Waals surface area contributed by atoms with E-state index in [1.54, 1.807) is 32.2 Å². The standard InChI is InChI=1S/C10H15NO2.C9H12N2O2/c1-8-3-4-9(7-10(8)13)11-5-2-6-12;1-6-3-4-7(5-8(6)12)11(2)9(10)13/h3-4,7,11-13H,2,5-6H2,1H3;3-5,12H,1-2H3,(H2,10,13). The average Bonchev–Trinajstić information content (AvgIpc) is 2.60. The highest BCUT2D eigenvalue weighted by Gasteiger charge is 2.07. The zero-order valence-corrected chi connectivity index (χ0v) is 15.4. The van der Waals surface area contributed by atoms with E-state index in [1.165, 1.54) is 11.0 Å². The molecule has 0 aliphatic heterocycles. The van der Waals surface area contributed by atoms with Crippen LogP contribution >= 0.6 is 0 Å². The number of nitrogens with zero attached hydrogens (tertiary/aromatic N) is 1. The summed E-state index contributed by atoms with van der Waals surface area (Å²) in [4.78, 5) is 12.0. The van der Waals surface area contributed by atoms with Gasteiger partial charge in [0.25, 0.3) is 0 Å². The second-order valence-corrected chi connectivity index (χ2v) is 5.87. The lowest BCUT2D eigenvalue weighted by Crippen LogP contribution is -2.31. The van der Waals surface area contributed by atoms with Crippen molar-refractivity contribution in [2.45, 2.75) is 20.3 Å². The number of primary amides is 1. The van der Waals surface area contributed by atoms with Gasteiger partial charge in [-0.1, -0.05) is 12.1 Å². The summed E-state index contributed by atoms with van der Waals surface area (Å²) >= 11 is 0. The topological polar surface area (TPSA) is 119 Å². The van der Waals surface area contributed by atoms with E-state index in [0.29, 0.717) is 17.9 Å². The van der Waals surface area contributed by atoms with Crippen molar-refractivity contribution in [1.29, 1.82) is 0 Å². The molecule has 0 saturated carbocycles. The van der Waals surface area contributed by atoms with Crippen molar-refractivity contribution >= 4 is 17.4 Å². The summed E-state index contributed by atoms with van der Waals surface area (Å²) in [7, 11) is 1.55. The third kappa shape index (κ3) is 6.52. The average molecular weight is 361 g/mol. The minimum Gasteiger partial charge on any atom is -0.508 e. The maximum absolute atomic E-state index is 10.8. The van der Waals surface area contributed by atoms with E-state index in [2.05, 4.69) is 5.32 Å². The number of hydrogen-bond donors (Lipinski definition) is 5. The Kier molecular flexibility index (Phi) is 8.24. The van der Waals surface area contributed by atoms with E-state index in [-0.39, 0.29) is 12.4 Å². The lowest BCUT2D eigenvalue weighted by Gasteiger charge is -2.14. The molecule has 7 nitrogen and oxygen atoms in total. The fraction of sp³-hybridized carbons (Fsp3) is 0.316. The number of aromatic hydroxyl groups is 2. The van der Waals surface area contributed by atoms with E-state index in [1.807, 2.05) is 19.1 Å². The fourth-order valence-corrected chi connectivity index (χ4v) is 1.96. The van der Waals surface area contributed by atoms with Crippen molar-refractivity contribution in [2.75, 3.05) is 30.4 Å². The SMILES string of the molecule is Cc1ccc(N(C)C(N)=O)cc1O.Cc1ccc(NCCCO)cc1O. The highest BCUT2D eigenvalue weighted by molar-refractivity contribution is 5.90. The first-order valence-corrected chi connectivity index (χ1v) is 8.23. The maximum atomic E-state index is 10.8. The van der Waals surface area contributed by atoms with Gasteiger partial charge in [-0.15, -0.1) is 0 Å². The number of hydrogen-bond acceptors (Lipinski definition) is 5. The molecule has 0 radical (unpaired) electrons. The van der Waals surface area contributed by atoms with Gasteiger partial charge in [0.1, 0.15) is 11.5 Å². The molecule has 2 aromatic rings. The van der Waals surface area contributed by atoms with Gasteiger partial charge in [-0.3, -0.25) is 4.90 Å². The Labute approximate surface area is 153 Å². The first-order valence-electron chi connectivity index (χ1n) is 8.23. The number of amides is 2. The molecule has 26 heavy (non-hydrogen) atoms. The normalized spacial score (nSPS) is 9.85. The number of benzene rings is 2. The molecule has 0 spiro atoms. The first kappa shape index (κ1) is 21.1. The monoisotopic (exact) mass is 361 g/mol. The zero-order valence-electron chi connectivity index (χ0n) is 15.4. The van der Waals surface area contributed by atoms with E-state index in [9.17, 15) is 15.0 Å². The summed E-state index contributed by atoms with van der Waals surface area (Å²) in [6.07, 6.45) is 0.717. The van der Waals surface area contributed by atoms with E-state index in [0.717, 1.165) is 23.4 Å². The van der Waals surface area contributed by atoms with Crippen molar-refractivity contribution in [3.05, 3.63) is 47.5 Å². The van der Waals surface area contributed by atoms with Crippen LogP contribution in [0.2, 0.25) is 0 Å². The van der Waals surface area contributed by atoms with Crippen molar-refractivity contribution in [1.82, 2.24) is 0 Å². The van der Waals surface area contributed by atoms with Crippen LogP contribution in [-0.2, 0) is 0 Å². The van der Waals surface area contributed by atoms with Crippen LogP contribution in [-0.4, -0.2) is 41.6 Å². The minimum absolute atomic E-state index is 0.158. The number of urea groups is 1. The van der Waals surface area contributed by atoms with Crippen LogP contribution < -0.4 is 16.0 Å². The summed E-state index contributed by atoms with van der Waals surface area (Å²) in [5, 5.41) is 30.4. The highest BCUT2D eigenvalue weighted by Crippen LogP contribution is 2.23. The molecule has 0 saturated heterocycles. The number of nitrogens with two attached hydrogens (primary N) is 1. The fourth-order valence-electron chi connectivity index (χ4n) is 1.96. The smallest absolute Gasteiger partial charge is 0.318 e. The summed E-state index contributed by atoms with van der Waals surface area (Å²) < 4.78 is 0. The van der Waals surface area contributed by atoms with Crippen LogP contribution in [0.3, 0.4) is 0 Å². The van der Waals surface area contributed by atoms with Gasteiger partial charge in [0.05, 0.1) is 0 Å². The molecular weight excluding hydrogens is 334 g/mol. The second kappa shape index (κ2) is 10.1. The van der Waals surface area contributed by atoms with Gasteiger partial charge in [-0.25, -0.2) is 4.79 Å². The number of carbonyl (C=O) groups excluding carboxylic acids is 1. The predicted octanol–water partition coefficient (Wildman–Crippen LogP) is 2.71. The number of aryl methyl sites for hydroxylation is 2. The number of phenols is 2. The number of rotatable bonds is 5. The summed E-state index contributed by atoms with van der Waals surface area (Å²) in [6, 6.07) is 9.85. The molecule has 2 amide bonds. The summed E-state index contributed by atoms with van der Waals surface area (Å²) in [5.74, 6) is 0.458. The van der Waals surface area contributed by atoms with Gasteiger partial charge in [0.15, 0.2) is 0 Å². The van der Waals surface area contributed by atoms with Crippen molar-refractivity contribution in [2.24, 2.45) is 5.73 Å². The van der Waals surface area contributed by atoms with Crippen LogP contribution in [0.1, 0.15) is 17.5 Å². The van der Waals surface area contributed by atoms with Crippen LogP contribution in [0, 0.1) is 13.8 Å². The van der Waals surface area contributed by atoms with Gasteiger partial charge >= 0.3 is 6.03 Å². The van der Waals surface area contributed by atoms with Crippen LogP contribution in [0.4, 0.5) is 16.2 Å². The molecule has 2 rings (SSSR count). The predicted molar refractivity (Wildman–Crippen MR) is 104 cm³/mol. The Bertz CT molecular complexity index is 735. The highest BCUT2D eigenvalue weighted by atomic mass is 16.3. The third-order valence-corrected chi connectivity index (χ3v) is 3.78. The van der Waals surface area contributed by atoms with Gasteiger partial charge < -0.3 is 26.4 Å². The van der Waals surface area contributed by atoms with Crippen LogP contribution in [0.5, 0.6) is 11.5 Å². The second-order valence-electron chi connectivity index (χ2n) is 5.87. The molecule has 0 atom stereocenters. The molecular formula is C19H27N3O4. The van der Waals surface area contributed by atoms with Crippen molar-refractivity contribution in [3.8, 4) is 11.5 Å². The molecule has 0 aliphatic rings. The molecule has 6 N–H and O–H groups in total.